The Morgan fingerprint density at radius 2 is 1.86 bits per heavy atom. The predicted octanol–water partition coefficient (Wildman–Crippen LogP) is 1.36. The van der Waals surface area contributed by atoms with Crippen LogP contribution in [0, 0.1) is 6.92 Å². The van der Waals surface area contributed by atoms with Crippen LogP contribution >= 0.6 is 0 Å². The van der Waals surface area contributed by atoms with E-state index >= 15 is 0 Å². The zero-order valence-electron chi connectivity index (χ0n) is 19.1. The summed E-state index contributed by atoms with van der Waals surface area (Å²) >= 11 is 0. The highest BCUT2D eigenvalue weighted by Crippen LogP contribution is 2.40. The summed E-state index contributed by atoms with van der Waals surface area (Å²) < 4.78 is 78.2. The lowest BCUT2D eigenvalue weighted by atomic mass is 10.1. The third kappa shape index (κ3) is 4.20. The smallest absolute Gasteiger partial charge is 0.433 e. The quantitative estimate of drug-likeness (QED) is 0.625. The number of alkyl halides is 3. The van der Waals surface area contributed by atoms with Gasteiger partial charge in [-0.15, -0.1) is 0 Å². The molecular weight excluding hydrogens is 505 g/mol. The first kappa shape index (κ1) is 24.5. The van der Waals surface area contributed by atoms with Crippen molar-refractivity contribution < 1.29 is 35.9 Å². The fourth-order valence-electron chi connectivity index (χ4n) is 4.49. The Morgan fingerprint density at radius 3 is 2.53 bits per heavy atom. The van der Waals surface area contributed by atoms with E-state index in [1.54, 1.807) is 0 Å². The summed E-state index contributed by atoms with van der Waals surface area (Å²) in [7, 11) is -3.94. The van der Waals surface area contributed by atoms with Gasteiger partial charge in [0.2, 0.25) is 16.0 Å². The summed E-state index contributed by atoms with van der Waals surface area (Å²) in [4.78, 5) is 22.9. The number of amides is 1. The topological polar surface area (TPSA) is 131 Å². The first-order chi connectivity index (χ1) is 17.0. The largest absolute Gasteiger partial charge is 0.489 e. The number of anilines is 2. The Balaban J connectivity index is 1.32. The number of ether oxygens (including phenoxy) is 2. The number of piperazine rings is 1. The molecule has 0 bridgehead atoms. The molecule has 2 aromatic rings. The molecule has 1 amide bonds. The third-order valence-electron chi connectivity index (χ3n) is 6.33. The number of nitrogens with two attached hydrogens (primary N) is 1. The van der Waals surface area contributed by atoms with Crippen LogP contribution in [0.5, 0.6) is 5.75 Å². The van der Waals surface area contributed by atoms with Crippen molar-refractivity contribution in [3.8, 4) is 5.75 Å². The molecule has 36 heavy (non-hydrogen) atoms. The van der Waals surface area contributed by atoms with Crippen LogP contribution in [0.1, 0.15) is 11.4 Å². The van der Waals surface area contributed by atoms with Crippen molar-refractivity contribution in [2.24, 2.45) is 5.73 Å². The zero-order chi connectivity index (χ0) is 25.8. The molecule has 2 atom stereocenters. The molecule has 5 rings (SSSR count). The predicted molar refractivity (Wildman–Crippen MR) is 120 cm³/mol. The van der Waals surface area contributed by atoms with Crippen LogP contribution in [0.25, 0.3) is 0 Å². The number of aryl methyl sites for hydroxylation is 1. The van der Waals surface area contributed by atoms with E-state index < -0.39 is 40.1 Å². The minimum atomic E-state index is -4.61. The average molecular weight is 529 g/mol. The SMILES string of the molecule is Cc1cc(C(F)(F)F)nc(N2CCN(S(=O)(=O)c3ccc4c(c3)OC[C@@H]3[C@H](CN)OC(=O)N43)CC2)n1. The maximum atomic E-state index is 13.3. The first-order valence-corrected chi connectivity index (χ1v) is 12.6. The summed E-state index contributed by atoms with van der Waals surface area (Å²) in [6.07, 6.45) is -5.70. The minimum Gasteiger partial charge on any atom is -0.489 e. The Morgan fingerprint density at radius 1 is 1.14 bits per heavy atom. The van der Waals surface area contributed by atoms with Gasteiger partial charge in [-0.2, -0.15) is 17.5 Å². The van der Waals surface area contributed by atoms with E-state index in [1.165, 1.54) is 39.2 Å². The zero-order valence-corrected chi connectivity index (χ0v) is 19.9. The van der Waals surface area contributed by atoms with Crippen LogP contribution < -0.4 is 20.3 Å². The van der Waals surface area contributed by atoms with Crippen molar-refractivity contribution in [1.82, 2.24) is 14.3 Å². The van der Waals surface area contributed by atoms with Gasteiger partial charge in [0.25, 0.3) is 0 Å². The molecule has 1 aromatic heterocycles. The third-order valence-corrected chi connectivity index (χ3v) is 8.23. The fourth-order valence-corrected chi connectivity index (χ4v) is 5.93. The Bertz CT molecular complexity index is 1300. The normalized spacial score (nSPS) is 22.6. The molecule has 0 radical (unpaired) electrons. The van der Waals surface area contributed by atoms with Gasteiger partial charge in [-0.05, 0) is 25.1 Å². The van der Waals surface area contributed by atoms with Crippen molar-refractivity contribution in [3.05, 3.63) is 35.7 Å². The minimum absolute atomic E-state index is 0.0254. The standard InChI is InChI=1S/C21H23F3N6O5S/c1-12-8-18(21(22,23)24)27-19(26-12)28-4-6-29(7-5-28)36(32,33)13-2-3-14-16(9-13)34-11-15-17(10-25)35-20(31)30(14)15/h2-3,8-9,15,17H,4-7,10-11,25H2,1H3/t15-,17+/m1/s1. The molecule has 11 nitrogen and oxygen atoms in total. The van der Waals surface area contributed by atoms with E-state index in [0.717, 1.165) is 6.07 Å². The molecule has 0 saturated carbocycles. The second kappa shape index (κ2) is 8.74. The maximum Gasteiger partial charge on any atom is 0.433 e. The molecular formula is C21H23F3N6O5S. The van der Waals surface area contributed by atoms with Gasteiger partial charge in [-0.3, -0.25) is 4.90 Å². The van der Waals surface area contributed by atoms with Crippen molar-refractivity contribution in [1.29, 1.82) is 0 Å². The van der Waals surface area contributed by atoms with E-state index in [1.807, 2.05) is 0 Å². The number of fused-ring (bicyclic) bond motifs is 3. The molecule has 2 N–H and O–H groups in total. The summed E-state index contributed by atoms with van der Waals surface area (Å²) in [5.74, 6) is 0.137. The van der Waals surface area contributed by atoms with Gasteiger partial charge in [-0.25, -0.2) is 23.2 Å². The van der Waals surface area contributed by atoms with E-state index in [4.69, 9.17) is 15.2 Å². The average Bonchev–Trinajstić information content (AvgIpc) is 3.18. The highest BCUT2D eigenvalue weighted by Gasteiger charge is 2.46. The van der Waals surface area contributed by atoms with Crippen molar-refractivity contribution in [2.75, 3.05) is 49.1 Å². The molecule has 0 unspecified atom stereocenters. The Labute approximate surface area is 204 Å². The highest BCUT2D eigenvalue weighted by molar-refractivity contribution is 7.89. The summed E-state index contributed by atoms with van der Waals surface area (Å²) in [5.41, 5.74) is 5.18. The van der Waals surface area contributed by atoms with Gasteiger partial charge < -0.3 is 20.1 Å². The van der Waals surface area contributed by atoms with Crippen molar-refractivity contribution in [2.45, 2.75) is 30.1 Å². The molecule has 194 valence electrons. The van der Waals surface area contributed by atoms with Crippen molar-refractivity contribution in [3.63, 3.8) is 0 Å². The number of hydrogen-bond acceptors (Lipinski definition) is 9. The Hall–Kier alpha value is -3.17. The number of halogens is 3. The molecule has 1 aromatic carbocycles. The monoisotopic (exact) mass is 528 g/mol. The second-order valence-corrected chi connectivity index (χ2v) is 10.6. The van der Waals surface area contributed by atoms with Crippen molar-refractivity contribution >= 4 is 27.8 Å². The number of nitrogens with zero attached hydrogens (tertiary/aromatic N) is 5. The van der Waals surface area contributed by atoms with Crippen LogP contribution in [0.2, 0.25) is 0 Å². The number of sulfonamides is 1. The van der Waals surface area contributed by atoms with Crippen LogP contribution in [0.3, 0.4) is 0 Å². The van der Waals surface area contributed by atoms with Gasteiger partial charge in [0.15, 0.2) is 0 Å². The van der Waals surface area contributed by atoms with E-state index in [-0.39, 0.29) is 61.6 Å². The van der Waals surface area contributed by atoms with Gasteiger partial charge in [-0.1, -0.05) is 0 Å². The van der Waals surface area contributed by atoms with E-state index in [0.29, 0.717) is 5.69 Å². The van der Waals surface area contributed by atoms with Crippen LogP contribution in [0.15, 0.2) is 29.2 Å². The number of rotatable bonds is 4. The van der Waals surface area contributed by atoms with Gasteiger partial charge in [0.05, 0.1) is 10.6 Å². The van der Waals surface area contributed by atoms with Crippen LogP contribution in [0.4, 0.5) is 29.6 Å². The second-order valence-electron chi connectivity index (χ2n) is 8.62. The molecule has 0 spiro atoms. The van der Waals surface area contributed by atoms with Crippen LogP contribution in [-0.4, -0.2) is 80.3 Å². The summed E-state index contributed by atoms with van der Waals surface area (Å²) in [6, 6.07) is 4.70. The Kier molecular flexibility index (Phi) is 5.95. The first-order valence-electron chi connectivity index (χ1n) is 11.1. The molecule has 4 heterocycles. The molecule has 2 fully saturated rings. The molecule has 3 aliphatic heterocycles. The highest BCUT2D eigenvalue weighted by atomic mass is 32.2. The number of hydrogen-bond donors (Lipinski definition) is 1. The summed E-state index contributed by atoms with van der Waals surface area (Å²) in [5, 5.41) is 0. The number of benzene rings is 1. The fraction of sp³-hybridized carbons (Fsp3) is 0.476. The number of cyclic esters (lactones) is 1. The number of aromatic nitrogens is 2. The lowest BCUT2D eigenvalue weighted by molar-refractivity contribution is -0.141. The molecule has 0 aliphatic carbocycles. The van der Waals surface area contributed by atoms with Crippen LogP contribution in [-0.2, 0) is 20.9 Å². The number of carbonyl (C=O) groups excluding carboxylic acids is 1. The lowest BCUT2D eigenvalue weighted by Gasteiger charge is -2.35. The lowest BCUT2D eigenvalue weighted by Crippen LogP contribution is -2.49. The van der Waals surface area contributed by atoms with Gasteiger partial charge in [0, 0.05) is 44.5 Å². The number of carbonyl (C=O) groups is 1. The van der Waals surface area contributed by atoms with E-state index in [2.05, 4.69) is 9.97 Å². The van der Waals surface area contributed by atoms with Gasteiger partial charge in [0.1, 0.15) is 30.2 Å². The molecule has 3 aliphatic rings. The summed E-state index contributed by atoms with van der Waals surface area (Å²) in [6.45, 7) is 1.97. The van der Waals surface area contributed by atoms with E-state index in [9.17, 15) is 26.4 Å². The molecule has 15 heteroatoms. The molecule has 2 saturated heterocycles. The maximum absolute atomic E-state index is 13.3. The van der Waals surface area contributed by atoms with Gasteiger partial charge >= 0.3 is 12.3 Å².